The van der Waals surface area contributed by atoms with Gasteiger partial charge >= 0.3 is 5.97 Å². The van der Waals surface area contributed by atoms with Crippen molar-refractivity contribution in [2.45, 2.75) is 13.3 Å². The van der Waals surface area contributed by atoms with Crippen molar-refractivity contribution in [3.8, 4) is 5.75 Å². The van der Waals surface area contributed by atoms with Crippen LogP contribution in [-0.2, 0) is 4.74 Å². The molecule has 0 aliphatic carbocycles. The molecule has 6 heteroatoms. The maximum atomic E-state index is 11.8. The maximum absolute atomic E-state index is 11.8. The normalized spacial score (nSPS) is 10.3. The van der Waals surface area contributed by atoms with Crippen LogP contribution in [-0.4, -0.2) is 26.2 Å². The lowest BCUT2D eigenvalue weighted by Gasteiger charge is -2.14. The van der Waals surface area contributed by atoms with E-state index in [0.29, 0.717) is 34.5 Å². The molecule has 0 amide bonds. The SMILES string of the molecule is COC(=O)c1cccc(C)c1NCCCOc1ccc(Cl)c(Cl)c1. The van der Waals surface area contributed by atoms with E-state index in [2.05, 4.69) is 5.32 Å². The number of nitrogens with one attached hydrogen (secondary N) is 1. The molecule has 0 unspecified atom stereocenters. The summed E-state index contributed by atoms with van der Waals surface area (Å²) >= 11 is 11.8. The molecule has 128 valence electrons. The van der Waals surface area contributed by atoms with Crippen LogP contribution in [0.1, 0.15) is 22.3 Å². The summed E-state index contributed by atoms with van der Waals surface area (Å²) in [4.78, 5) is 11.8. The van der Waals surface area contributed by atoms with E-state index in [0.717, 1.165) is 17.7 Å². The molecule has 0 bridgehead atoms. The van der Waals surface area contributed by atoms with Crippen molar-refractivity contribution in [3.63, 3.8) is 0 Å². The second-order valence-electron chi connectivity index (χ2n) is 5.19. The fraction of sp³-hybridized carbons (Fsp3) is 0.278. The molecular weight excluding hydrogens is 349 g/mol. The molecule has 2 aromatic rings. The van der Waals surface area contributed by atoms with Crippen LogP contribution in [0.3, 0.4) is 0 Å². The number of benzene rings is 2. The molecule has 2 aromatic carbocycles. The Kier molecular flexibility index (Phi) is 6.76. The third kappa shape index (κ3) is 4.79. The zero-order valence-corrected chi connectivity index (χ0v) is 15.1. The number of halogens is 2. The Morgan fingerprint density at radius 1 is 1.17 bits per heavy atom. The van der Waals surface area contributed by atoms with Crippen molar-refractivity contribution >= 4 is 34.9 Å². The average Bonchev–Trinajstić information content (AvgIpc) is 2.58. The molecular formula is C18H19Cl2NO3. The molecule has 0 saturated heterocycles. The summed E-state index contributed by atoms with van der Waals surface area (Å²) in [7, 11) is 1.37. The molecule has 0 aliphatic rings. The van der Waals surface area contributed by atoms with Crippen LogP contribution in [0.15, 0.2) is 36.4 Å². The van der Waals surface area contributed by atoms with Crippen molar-refractivity contribution in [3.05, 3.63) is 57.6 Å². The topological polar surface area (TPSA) is 47.6 Å². The van der Waals surface area contributed by atoms with Gasteiger partial charge in [-0.25, -0.2) is 4.79 Å². The Bertz CT molecular complexity index is 719. The number of hydrogen-bond acceptors (Lipinski definition) is 4. The summed E-state index contributed by atoms with van der Waals surface area (Å²) in [6, 6.07) is 10.7. The van der Waals surface area contributed by atoms with Gasteiger partial charge in [-0.1, -0.05) is 35.3 Å². The summed E-state index contributed by atoms with van der Waals surface area (Å²) in [6.07, 6.45) is 0.759. The minimum absolute atomic E-state index is 0.353. The molecule has 0 aromatic heterocycles. The van der Waals surface area contributed by atoms with E-state index in [1.165, 1.54) is 7.11 Å². The number of aryl methyl sites for hydroxylation is 1. The lowest BCUT2D eigenvalue weighted by Crippen LogP contribution is -2.12. The Morgan fingerprint density at radius 3 is 2.67 bits per heavy atom. The van der Waals surface area contributed by atoms with Gasteiger partial charge in [0.05, 0.1) is 35.0 Å². The molecule has 0 atom stereocenters. The Balaban J connectivity index is 1.86. The van der Waals surface area contributed by atoms with Crippen molar-refractivity contribution in [2.75, 3.05) is 25.6 Å². The van der Waals surface area contributed by atoms with Gasteiger partial charge in [-0.3, -0.25) is 0 Å². The number of para-hydroxylation sites is 1. The standard InChI is InChI=1S/C18H19Cl2NO3/c1-12-5-3-6-14(18(22)23-2)17(12)21-9-4-10-24-13-7-8-15(19)16(20)11-13/h3,5-8,11,21H,4,9-10H2,1-2H3. The molecule has 24 heavy (non-hydrogen) atoms. The maximum Gasteiger partial charge on any atom is 0.339 e. The van der Waals surface area contributed by atoms with Gasteiger partial charge < -0.3 is 14.8 Å². The van der Waals surface area contributed by atoms with E-state index in [1.807, 2.05) is 19.1 Å². The fourth-order valence-corrected chi connectivity index (χ4v) is 2.51. The van der Waals surface area contributed by atoms with Gasteiger partial charge in [0.2, 0.25) is 0 Å². The summed E-state index contributed by atoms with van der Waals surface area (Å²) in [5, 5.41) is 4.24. The summed E-state index contributed by atoms with van der Waals surface area (Å²) in [6.45, 7) is 3.13. The Morgan fingerprint density at radius 2 is 1.96 bits per heavy atom. The van der Waals surface area contributed by atoms with Crippen molar-refractivity contribution in [2.24, 2.45) is 0 Å². The van der Waals surface area contributed by atoms with Gasteiger partial charge in [-0.2, -0.15) is 0 Å². The van der Waals surface area contributed by atoms with Crippen molar-refractivity contribution in [1.29, 1.82) is 0 Å². The summed E-state index contributed by atoms with van der Waals surface area (Å²) in [5.41, 5.74) is 2.31. The third-order valence-corrected chi connectivity index (χ3v) is 4.20. The average molecular weight is 368 g/mol. The van der Waals surface area contributed by atoms with Crippen LogP contribution in [0, 0.1) is 6.92 Å². The molecule has 0 heterocycles. The lowest BCUT2D eigenvalue weighted by molar-refractivity contribution is 0.0601. The highest BCUT2D eigenvalue weighted by molar-refractivity contribution is 6.42. The summed E-state index contributed by atoms with van der Waals surface area (Å²) < 4.78 is 10.4. The van der Waals surface area contributed by atoms with Gasteiger partial charge in [-0.05, 0) is 37.1 Å². The first-order valence-electron chi connectivity index (χ1n) is 7.52. The minimum atomic E-state index is -0.353. The third-order valence-electron chi connectivity index (χ3n) is 3.46. The van der Waals surface area contributed by atoms with Crippen LogP contribution in [0.2, 0.25) is 10.0 Å². The van der Waals surface area contributed by atoms with Gasteiger partial charge in [-0.15, -0.1) is 0 Å². The molecule has 2 rings (SSSR count). The molecule has 0 radical (unpaired) electrons. The number of carbonyl (C=O) groups is 1. The first-order valence-corrected chi connectivity index (χ1v) is 8.28. The van der Waals surface area contributed by atoms with Crippen LogP contribution >= 0.6 is 23.2 Å². The zero-order valence-electron chi connectivity index (χ0n) is 13.6. The van der Waals surface area contributed by atoms with Crippen molar-refractivity contribution < 1.29 is 14.3 Å². The number of ether oxygens (including phenoxy) is 2. The Hall–Kier alpha value is -1.91. The second kappa shape index (κ2) is 8.81. The van der Waals surface area contributed by atoms with Crippen LogP contribution < -0.4 is 10.1 Å². The number of hydrogen-bond donors (Lipinski definition) is 1. The molecule has 0 fully saturated rings. The molecule has 0 spiro atoms. The molecule has 0 aliphatic heterocycles. The van der Waals surface area contributed by atoms with Gasteiger partial charge in [0.25, 0.3) is 0 Å². The smallest absolute Gasteiger partial charge is 0.339 e. The fourth-order valence-electron chi connectivity index (χ4n) is 2.22. The van der Waals surface area contributed by atoms with E-state index < -0.39 is 0 Å². The highest BCUT2D eigenvalue weighted by Gasteiger charge is 2.12. The van der Waals surface area contributed by atoms with E-state index in [-0.39, 0.29) is 5.97 Å². The number of rotatable bonds is 7. The number of esters is 1. The lowest BCUT2D eigenvalue weighted by atomic mass is 10.1. The largest absolute Gasteiger partial charge is 0.493 e. The van der Waals surface area contributed by atoms with Crippen LogP contribution in [0.25, 0.3) is 0 Å². The van der Waals surface area contributed by atoms with E-state index >= 15 is 0 Å². The highest BCUT2D eigenvalue weighted by Crippen LogP contribution is 2.26. The van der Waals surface area contributed by atoms with E-state index in [1.54, 1.807) is 24.3 Å². The second-order valence-corrected chi connectivity index (χ2v) is 6.01. The van der Waals surface area contributed by atoms with E-state index in [9.17, 15) is 4.79 Å². The minimum Gasteiger partial charge on any atom is -0.493 e. The van der Waals surface area contributed by atoms with E-state index in [4.69, 9.17) is 32.7 Å². The molecule has 1 N–H and O–H groups in total. The summed E-state index contributed by atoms with van der Waals surface area (Å²) in [5.74, 6) is 0.323. The molecule has 4 nitrogen and oxygen atoms in total. The number of methoxy groups -OCH3 is 1. The first kappa shape index (κ1) is 18.4. The van der Waals surface area contributed by atoms with Gasteiger partial charge in [0, 0.05) is 12.6 Å². The monoisotopic (exact) mass is 367 g/mol. The van der Waals surface area contributed by atoms with Gasteiger partial charge in [0.15, 0.2) is 0 Å². The van der Waals surface area contributed by atoms with Crippen LogP contribution in [0.5, 0.6) is 5.75 Å². The zero-order chi connectivity index (χ0) is 17.5. The quantitative estimate of drug-likeness (QED) is 0.554. The molecule has 0 saturated carbocycles. The number of anilines is 1. The van der Waals surface area contributed by atoms with Crippen LogP contribution in [0.4, 0.5) is 5.69 Å². The highest BCUT2D eigenvalue weighted by atomic mass is 35.5. The predicted octanol–water partition coefficient (Wildman–Crippen LogP) is 4.97. The number of carbonyl (C=O) groups excluding carboxylic acids is 1. The van der Waals surface area contributed by atoms with Crippen molar-refractivity contribution in [1.82, 2.24) is 0 Å². The predicted molar refractivity (Wildman–Crippen MR) is 97.6 cm³/mol. The Labute approximate surface area is 151 Å². The van der Waals surface area contributed by atoms with Gasteiger partial charge in [0.1, 0.15) is 5.75 Å². The first-order chi connectivity index (χ1) is 11.5.